The predicted octanol–water partition coefficient (Wildman–Crippen LogP) is 6.66. The van der Waals surface area contributed by atoms with E-state index in [4.69, 9.17) is 9.47 Å². The number of ether oxygens (including phenoxy) is 2. The summed E-state index contributed by atoms with van der Waals surface area (Å²) in [6.07, 6.45) is 10.1. The van der Waals surface area contributed by atoms with Crippen LogP contribution in [-0.2, 0) is 19.1 Å². The van der Waals surface area contributed by atoms with Crippen LogP contribution in [0.25, 0.3) is 0 Å². The number of hydrogen-bond acceptors (Lipinski definition) is 5. The summed E-state index contributed by atoms with van der Waals surface area (Å²) in [5.74, 6) is 1.01. The first-order chi connectivity index (χ1) is 17.7. The van der Waals surface area contributed by atoms with E-state index in [1.54, 1.807) is 0 Å². The van der Waals surface area contributed by atoms with E-state index in [2.05, 4.69) is 40.7 Å². The van der Waals surface area contributed by atoms with Crippen molar-refractivity contribution in [2.75, 3.05) is 13.4 Å². The van der Waals surface area contributed by atoms with Gasteiger partial charge in [0.1, 0.15) is 18.6 Å². The van der Waals surface area contributed by atoms with Crippen LogP contribution >= 0.6 is 0 Å². The molecule has 4 saturated carbocycles. The molecule has 208 valence electrons. The Morgan fingerprint density at radius 1 is 0.921 bits per heavy atom. The third-order valence-corrected chi connectivity index (χ3v) is 13.8. The van der Waals surface area contributed by atoms with Crippen LogP contribution in [0.4, 0.5) is 0 Å². The molecule has 0 N–H and O–H groups in total. The van der Waals surface area contributed by atoms with Crippen LogP contribution in [0.15, 0.2) is 11.6 Å². The van der Waals surface area contributed by atoms with E-state index in [0.29, 0.717) is 37.1 Å². The summed E-state index contributed by atoms with van der Waals surface area (Å²) in [5.41, 5.74) is -0.560. The minimum absolute atomic E-state index is 0.0171. The minimum atomic E-state index is -0.592. The summed E-state index contributed by atoms with van der Waals surface area (Å²) in [4.78, 5) is 27.9. The monoisotopic (exact) mass is 521 g/mol. The number of nitrogens with zero attached hydrogens (tertiary/aromatic N) is 1. The molecule has 9 unspecified atom stereocenters. The van der Waals surface area contributed by atoms with Gasteiger partial charge in [-0.3, -0.25) is 9.59 Å². The highest BCUT2D eigenvalue weighted by Crippen LogP contribution is 2.76. The molecule has 5 fully saturated rings. The average Bonchev–Trinajstić information content (AvgIpc) is 3.38. The van der Waals surface area contributed by atoms with Crippen molar-refractivity contribution in [2.45, 2.75) is 106 Å². The summed E-state index contributed by atoms with van der Waals surface area (Å²) in [6, 6.07) is 2.24. The second kappa shape index (κ2) is 8.03. The number of rotatable bonds is 1. The van der Waals surface area contributed by atoms with E-state index >= 15 is 0 Å². The third kappa shape index (κ3) is 3.17. The van der Waals surface area contributed by atoms with Gasteiger partial charge in [0.05, 0.1) is 18.3 Å². The molecule has 5 heteroatoms. The van der Waals surface area contributed by atoms with Gasteiger partial charge in [0.2, 0.25) is 0 Å². The molecule has 9 atom stereocenters. The molecule has 6 aliphatic rings. The lowest BCUT2D eigenvalue weighted by Crippen LogP contribution is -2.69. The number of carbonyl (C=O) groups is 2. The van der Waals surface area contributed by atoms with Crippen molar-refractivity contribution in [1.82, 2.24) is 0 Å². The molecular formula is C33H47NO4. The SMILES string of the molecule is CC1(C)CCC2(C3COCO3)CCC3(C)C(C(=O)CC4C5(C)C=C(C#N)C(=O)C(C)(C)C5CCC43C)C2C1. The highest BCUT2D eigenvalue weighted by Gasteiger charge is 2.73. The molecule has 0 aromatic carbocycles. The molecule has 0 radical (unpaired) electrons. The lowest BCUT2D eigenvalue weighted by Gasteiger charge is -2.72. The van der Waals surface area contributed by atoms with Crippen molar-refractivity contribution >= 4 is 11.6 Å². The van der Waals surface area contributed by atoms with Crippen molar-refractivity contribution in [3.63, 3.8) is 0 Å². The Kier molecular flexibility index (Phi) is 5.64. The largest absolute Gasteiger partial charge is 0.353 e. The fourth-order valence-electron chi connectivity index (χ4n) is 11.6. The smallest absolute Gasteiger partial charge is 0.178 e. The highest BCUT2D eigenvalue weighted by molar-refractivity contribution is 6.04. The number of ketones is 2. The summed E-state index contributed by atoms with van der Waals surface area (Å²) in [6.45, 7) is 17.0. The molecule has 0 spiro atoms. The molecule has 0 aromatic heterocycles. The van der Waals surface area contributed by atoms with Crippen LogP contribution in [0.2, 0.25) is 0 Å². The third-order valence-electron chi connectivity index (χ3n) is 13.8. The Morgan fingerprint density at radius 3 is 2.29 bits per heavy atom. The van der Waals surface area contributed by atoms with Crippen LogP contribution in [-0.4, -0.2) is 31.1 Å². The Labute approximate surface area is 229 Å². The second-order valence-electron chi connectivity index (χ2n) is 16.1. The zero-order valence-corrected chi connectivity index (χ0v) is 24.6. The van der Waals surface area contributed by atoms with E-state index in [1.165, 1.54) is 6.42 Å². The van der Waals surface area contributed by atoms with Crippen molar-refractivity contribution in [3.8, 4) is 6.07 Å². The zero-order chi connectivity index (χ0) is 27.5. The van der Waals surface area contributed by atoms with E-state index in [1.807, 2.05) is 19.9 Å². The highest BCUT2D eigenvalue weighted by atomic mass is 16.7. The summed E-state index contributed by atoms with van der Waals surface area (Å²) in [5, 5.41) is 9.93. The van der Waals surface area contributed by atoms with E-state index in [9.17, 15) is 14.9 Å². The maximum absolute atomic E-state index is 14.6. The van der Waals surface area contributed by atoms with Gasteiger partial charge in [-0.1, -0.05) is 54.5 Å². The Morgan fingerprint density at radius 2 is 1.63 bits per heavy atom. The van der Waals surface area contributed by atoms with Gasteiger partial charge in [-0.25, -0.2) is 0 Å². The van der Waals surface area contributed by atoms with Gasteiger partial charge in [0.25, 0.3) is 0 Å². The number of carbonyl (C=O) groups excluding carboxylic acids is 2. The summed E-state index contributed by atoms with van der Waals surface area (Å²) >= 11 is 0. The molecule has 1 heterocycles. The quantitative estimate of drug-likeness (QED) is 0.386. The first kappa shape index (κ1) is 26.7. The van der Waals surface area contributed by atoms with Crippen LogP contribution in [0.3, 0.4) is 0 Å². The molecule has 0 aromatic rings. The van der Waals surface area contributed by atoms with Crippen molar-refractivity contribution in [2.24, 2.45) is 56.2 Å². The predicted molar refractivity (Wildman–Crippen MR) is 145 cm³/mol. The normalized spacial score (nSPS) is 51.1. The Balaban J connectivity index is 1.46. The molecule has 1 aliphatic heterocycles. The van der Waals surface area contributed by atoms with Gasteiger partial charge in [-0.15, -0.1) is 0 Å². The van der Waals surface area contributed by atoms with Gasteiger partial charge in [0.15, 0.2) is 5.78 Å². The fraction of sp³-hybridized carbons (Fsp3) is 0.848. The standard InChI is InChI=1S/C33H47NO4/c1-28(2)10-12-33(25-18-37-19-38-25)13-11-32(7)26(21(33)16-28)22(35)14-24-30(5)15-20(17-34)27(36)29(3,4)23(30)8-9-31(24,32)6/h15,21,23-26H,8-14,16,18-19H2,1-7H3. The molecule has 0 amide bonds. The van der Waals surface area contributed by atoms with E-state index < -0.39 is 5.41 Å². The average molecular weight is 522 g/mol. The van der Waals surface area contributed by atoms with Crippen LogP contribution < -0.4 is 0 Å². The molecule has 38 heavy (non-hydrogen) atoms. The summed E-state index contributed by atoms with van der Waals surface area (Å²) in [7, 11) is 0. The first-order valence-corrected chi connectivity index (χ1v) is 15.1. The van der Waals surface area contributed by atoms with Gasteiger partial charge in [-0.05, 0) is 84.4 Å². The van der Waals surface area contributed by atoms with Crippen LogP contribution in [0, 0.1) is 67.5 Å². The zero-order valence-electron chi connectivity index (χ0n) is 24.6. The second-order valence-corrected chi connectivity index (χ2v) is 16.1. The lowest BCUT2D eigenvalue weighted by molar-refractivity contribution is -0.234. The fourth-order valence-corrected chi connectivity index (χ4v) is 11.6. The van der Waals surface area contributed by atoms with Crippen LogP contribution in [0.1, 0.15) is 99.8 Å². The van der Waals surface area contributed by atoms with E-state index in [0.717, 1.165) is 38.5 Å². The number of nitriles is 1. The number of allylic oxidation sites excluding steroid dienone is 2. The van der Waals surface area contributed by atoms with Gasteiger partial charge in [0, 0.05) is 23.2 Å². The van der Waals surface area contributed by atoms with Crippen molar-refractivity contribution in [3.05, 3.63) is 11.6 Å². The van der Waals surface area contributed by atoms with Crippen molar-refractivity contribution < 1.29 is 19.1 Å². The van der Waals surface area contributed by atoms with Gasteiger partial charge < -0.3 is 9.47 Å². The number of fused-ring (bicyclic) bond motifs is 7. The molecule has 1 saturated heterocycles. The van der Waals surface area contributed by atoms with Gasteiger partial charge >= 0.3 is 0 Å². The number of Topliss-reactive ketones (excluding diaryl/α,β-unsaturated/α-hetero) is 2. The molecule has 5 nitrogen and oxygen atoms in total. The Bertz CT molecular complexity index is 1140. The first-order valence-electron chi connectivity index (χ1n) is 15.1. The number of hydrogen-bond donors (Lipinski definition) is 0. The lowest BCUT2D eigenvalue weighted by atomic mass is 9.31. The summed E-state index contributed by atoms with van der Waals surface area (Å²) < 4.78 is 12.0. The van der Waals surface area contributed by atoms with Gasteiger partial charge in [-0.2, -0.15) is 5.26 Å². The minimum Gasteiger partial charge on any atom is -0.353 e. The molecule has 6 rings (SSSR count). The maximum Gasteiger partial charge on any atom is 0.178 e. The van der Waals surface area contributed by atoms with Crippen LogP contribution in [0.5, 0.6) is 0 Å². The Hall–Kier alpha value is -1.51. The molecule has 5 aliphatic carbocycles. The molecule has 0 bridgehead atoms. The maximum atomic E-state index is 14.6. The topological polar surface area (TPSA) is 76.4 Å². The van der Waals surface area contributed by atoms with Crippen molar-refractivity contribution in [1.29, 1.82) is 5.26 Å². The van der Waals surface area contributed by atoms with E-state index in [-0.39, 0.29) is 56.7 Å². The molecular weight excluding hydrogens is 474 g/mol.